The van der Waals surface area contributed by atoms with Crippen LogP contribution in [0.25, 0.3) is 0 Å². The predicted molar refractivity (Wildman–Crippen MR) is 74.0 cm³/mol. The molecular weight excluding hydrogens is 261 g/mol. The van der Waals surface area contributed by atoms with Gasteiger partial charge in [-0.05, 0) is 31.0 Å². The van der Waals surface area contributed by atoms with Gasteiger partial charge >= 0.3 is 0 Å². The quantitative estimate of drug-likeness (QED) is 0.344. The lowest BCUT2D eigenvalue weighted by atomic mass is 9.72. The highest BCUT2D eigenvalue weighted by Gasteiger charge is 2.43. The number of amides is 1. The van der Waals surface area contributed by atoms with Gasteiger partial charge in [0.05, 0.1) is 0 Å². The molecule has 0 unspecified atom stereocenters. The largest absolute Gasteiger partial charge is 0.409 e. The Kier molecular flexibility index (Phi) is 4.22. The smallest absolute Gasteiger partial charge is 0.238 e. The molecule has 1 aliphatic rings. The van der Waals surface area contributed by atoms with Crippen molar-refractivity contribution in [1.82, 2.24) is 0 Å². The minimum atomic E-state index is -1.00. The molecule has 0 saturated heterocycles. The molecule has 1 saturated carbocycles. The van der Waals surface area contributed by atoms with Crippen LogP contribution in [0.15, 0.2) is 29.4 Å². The molecule has 108 valence electrons. The molecule has 1 fully saturated rings. The van der Waals surface area contributed by atoms with Gasteiger partial charge in [0.2, 0.25) is 5.91 Å². The summed E-state index contributed by atoms with van der Waals surface area (Å²) in [6, 6.07) is 5.65. The molecule has 0 bridgehead atoms. The zero-order valence-electron chi connectivity index (χ0n) is 11.1. The van der Waals surface area contributed by atoms with E-state index in [4.69, 9.17) is 10.9 Å². The predicted octanol–water partition coefficient (Wildman–Crippen LogP) is 2.46. The third-order valence-electron chi connectivity index (χ3n) is 3.82. The van der Waals surface area contributed by atoms with Crippen LogP contribution in [-0.2, 0) is 4.79 Å². The molecule has 1 amide bonds. The van der Waals surface area contributed by atoms with Crippen molar-refractivity contribution in [3.05, 3.63) is 30.1 Å². The number of oxime groups is 1. The Labute approximate surface area is 116 Å². The summed E-state index contributed by atoms with van der Waals surface area (Å²) in [6.07, 6.45) is 3.77. The number of carbonyl (C=O) groups is 1. The van der Waals surface area contributed by atoms with Crippen molar-refractivity contribution in [2.75, 3.05) is 5.32 Å². The maximum atomic E-state index is 13.1. The number of hydrogen-bond acceptors (Lipinski definition) is 3. The van der Waals surface area contributed by atoms with E-state index in [2.05, 4.69) is 10.5 Å². The number of nitrogens with one attached hydrogen (secondary N) is 1. The van der Waals surface area contributed by atoms with Crippen molar-refractivity contribution in [2.45, 2.75) is 32.1 Å². The van der Waals surface area contributed by atoms with E-state index in [0.717, 1.165) is 19.3 Å². The minimum absolute atomic E-state index is 0.0777. The number of rotatable bonds is 3. The van der Waals surface area contributed by atoms with Crippen LogP contribution >= 0.6 is 0 Å². The maximum absolute atomic E-state index is 13.1. The molecule has 4 N–H and O–H groups in total. The molecule has 1 aromatic carbocycles. The van der Waals surface area contributed by atoms with Gasteiger partial charge in [0.1, 0.15) is 11.2 Å². The first-order valence-electron chi connectivity index (χ1n) is 6.63. The van der Waals surface area contributed by atoms with Gasteiger partial charge in [-0.1, -0.05) is 30.5 Å². The Bertz CT molecular complexity index is 525. The summed E-state index contributed by atoms with van der Waals surface area (Å²) in [5.74, 6) is -0.853. The summed E-state index contributed by atoms with van der Waals surface area (Å²) in [5.41, 5.74) is 5.10. The van der Waals surface area contributed by atoms with E-state index < -0.39 is 11.2 Å². The molecule has 1 aromatic rings. The molecule has 1 aliphatic carbocycles. The van der Waals surface area contributed by atoms with Gasteiger partial charge in [0.25, 0.3) is 0 Å². The number of halogens is 1. The molecule has 2 rings (SSSR count). The highest BCUT2D eigenvalue weighted by atomic mass is 19.1. The molecule has 0 atom stereocenters. The van der Waals surface area contributed by atoms with Crippen molar-refractivity contribution in [2.24, 2.45) is 16.3 Å². The van der Waals surface area contributed by atoms with Crippen LogP contribution in [0.4, 0.5) is 10.1 Å². The van der Waals surface area contributed by atoms with E-state index in [0.29, 0.717) is 18.5 Å². The summed E-state index contributed by atoms with van der Waals surface area (Å²) in [4.78, 5) is 12.5. The van der Waals surface area contributed by atoms with Crippen molar-refractivity contribution in [3.8, 4) is 0 Å². The van der Waals surface area contributed by atoms with Gasteiger partial charge in [0.15, 0.2) is 5.84 Å². The highest BCUT2D eigenvalue weighted by Crippen LogP contribution is 2.37. The van der Waals surface area contributed by atoms with Gasteiger partial charge in [-0.15, -0.1) is 0 Å². The van der Waals surface area contributed by atoms with Crippen LogP contribution in [0.1, 0.15) is 32.1 Å². The molecule has 0 heterocycles. The van der Waals surface area contributed by atoms with Gasteiger partial charge in [0, 0.05) is 5.69 Å². The number of hydrogen-bond donors (Lipinski definition) is 3. The fraction of sp³-hybridized carbons (Fsp3) is 0.429. The van der Waals surface area contributed by atoms with Crippen LogP contribution in [0.5, 0.6) is 0 Å². The highest BCUT2D eigenvalue weighted by molar-refractivity contribution is 6.11. The number of amidine groups is 1. The van der Waals surface area contributed by atoms with Crippen molar-refractivity contribution in [3.63, 3.8) is 0 Å². The Morgan fingerprint density at radius 2 is 2.05 bits per heavy atom. The lowest BCUT2D eigenvalue weighted by molar-refractivity contribution is -0.123. The number of benzene rings is 1. The second kappa shape index (κ2) is 5.90. The second-order valence-corrected chi connectivity index (χ2v) is 5.09. The van der Waals surface area contributed by atoms with Gasteiger partial charge < -0.3 is 16.3 Å². The van der Waals surface area contributed by atoms with Crippen LogP contribution in [0.3, 0.4) is 0 Å². The summed E-state index contributed by atoms with van der Waals surface area (Å²) in [7, 11) is 0. The molecule has 0 spiro atoms. The van der Waals surface area contributed by atoms with Crippen molar-refractivity contribution >= 4 is 17.4 Å². The van der Waals surface area contributed by atoms with Crippen LogP contribution in [-0.4, -0.2) is 17.0 Å². The van der Waals surface area contributed by atoms with E-state index >= 15 is 0 Å². The third kappa shape index (κ3) is 2.74. The first-order valence-corrected chi connectivity index (χ1v) is 6.63. The Hall–Kier alpha value is -2.11. The van der Waals surface area contributed by atoms with Crippen LogP contribution < -0.4 is 11.1 Å². The lowest BCUT2D eigenvalue weighted by Gasteiger charge is -2.34. The van der Waals surface area contributed by atoms with Crippen molar-refractivity contribution < 1.29 is 14.4 Å². The number of carbonyl (C=O) groups excluding carboxylic acids is 1. The average molecular weight is 279 g/mol. The van der Waals surface area contributed by atoms with Gasteiger partial charge in [-0.3, -0.25) is 4.79 Å². The SMILES string of the molecule is NC(=NO)C1(C(=O)Nc2cccc(F)c2)CCCCC1. The third-order valence-corrected chi connectivity index (χ3v) is 3.82. The molecule has 6 heteroatoms. The second-order valence-electron chi connectivity index (χ2n) is 5.09. The van der Waals surface area contributed by atoms with E-state index in [1.165, 1.54) is 18.2 Å². The zero-order chi connectivity index (χ0) is 14.6. The Morgan fingerprint density at radius 3 is 2.65 bits per heavy atom. The first kappa shape index (κ1) is 14.3. The number of anilines is 1. The van der Waals surface area contributed by atoms with Crippen molar-refractivity contribution in [1.29, 1.82) is 0 Å². The Morgan fingerprint density at radius 1 is 1.35 bits per heavy atom. The molecule has 0 aromatic heterocycles. The molecular formula is C14H18FN3O2. The fourth-order valence-electron chi connectivity index (χ4n) is 2.67. The van der Waals surface area contributed by atoms with Gasteiger partial charge in [-0.25, -0.2) is 4.39 Å². The van der Waals surface area contributed by atoms with Crippen LogP contribution in [0, 0.1) is 11.2 Å². The average Bonchev–Trinajstić information content (AvgIpc) is 2.47. The minimum Gasteiger partial charge on any atom is -0.409 e. The summed E-state index contributed by atoms with van der Waals surface area (Å²) < 4.78 is 13.1. The van der Waals surface area contributed by atoms with Crippen LogP contribution in [0.2, 0.25) is 0 Å². The molecule has 20 heavy (non-hydrogen) atoms. The van der Waals surface area contributed by atoms with E-state index in [1.807, 2.05) is 0 Å². The molecule has 5 nitrogen and oxygen atoms in total. The van der Waals surface area contributed by atoms with Gasteiger partial charge in [-0.2, -0.15) is 0 Å². The summed E-state index contributed by atoms with van der Waals surface area (Å²) in [6.45, 7) is 0. The summed E-state index contributed by atoms with van der Waals surface area (Å²) in [5, 5.41) is 14.6. The Balaban J connectivity index is 2.23. The maximum Gasteiger partial charge on any atom is 0.238 e. The van der Waals surface area contributed by atoms with E-state index in [9.17, 15) is 9.18 Å². The summed E-state index contributed by atoms with van der Waals surface area (Å²) >= 11 is 0. The van der Waals surface area contributed by atoms with E-state index in [-0.39, 0.29) is 11.7 Å². The normalized spacial score (nSPS) is 18.6. The lowest BCUT2D eigenvalue weighted by Crippen LogP contribution is -2.48. The zero-order valence-corrected chi connectivity index (χ0v) is 11.1. The number of nitrogens with zero attached hydrogens (tertiary/aromatic N) is 1. The topological polar surface area (TPSA) is 87.7 Å². The number of nitrogens with two attached hydrogens (primary N) is 1. The standard InChI is InChI=1S/C14H18FN3O2/c15-10-5-4-6-11(9-10)17-13(19)14(12(16)18-20)7-2-1-3-8-14/h4-6,9,20H,1-3,7-8H2,(H2,16,18)(H,17,19). The monoisotopic (exact) mass is 279 g/mol. The molecule has 0 aliphatic heterocycles. The fourth-order valence-corrected chi connectivity index (χ4v) is 2.67. The molecule has 0 radical (unpaired) electrons. The first-order chi connectivity index (χ1) is 9.58. The van der Waals surface area contributed by atoms with E-state index in [1.54, 1.807) is 6.07 Å².